The number of benzene rings is 1. The third-order valence-electron chi connectivity index (χ3n) is 3.33. The van der Waals surface area contributed by atoms with Crippen molar-refractivity contribution in [3.63, 3.8) is 0 Å². The standard InChI is InChI=1S/C12H12N2O2.C7H16/c1-10-2-4-11(5-3-10)8-16-12(15)14-7-6-13-9-14;1-4-5-6-7(2)3/h2-7,9H,8H2,1H3;7H,4-6H2,1-3H3. The smallest absolute Gasteiger partial charge is 0.419 e. The Morgan fingerprint density at radius 3 is 2.43 bits per heavy atom. The van der Waals surface area contributed by atoms with Gasteiger partial charge >= 0.3 is 6.09 Å². The van der Waals surface area contributed by atoms with Crippen LogP contribution in [0.5, 0.6) is 0 Å². The van der Waals surface area contributed by atoms with Crippen LogP contribution < -0.4 is 0 Å². The summed E-state index contributed by atoms with van der Waals surface area (Å²) in [5.41, 5.74) is 2.16. The second kappa shape index (κ2) is 10.6. The zero-order valence-electron chi connectivity index (χ0n) is 14.7. The normalized spacial score (nSPS) is 10.1. The van der Waals surface area contributed by atoms with Crippen LogP contribution in [0.25, 0.3) is 0 Å². The van der Waals surface area contributed by atoms with Crippen molar-refractivity contribution in [1.29, 1.82) is 0 Å². The minimum atomic E-state index is -0.418. The number of nitrogens with zero attached hydrogens (tertiary/aromatic N) is 2. The molecule has 4 heteroatoms. The van der Waals surface area contributed by atoms with Crippen LogP contribution >= 0.6 is 0 Å². The highest BCUT2D eigenvalue weighted by molar-refractivity contribution is 5.69. The minimum absolute atomic E-state index is 0.275. The number of imidazole rings is 1. The van der Waals surface area contributed by atoms with Crippen LogP contribution in [0.2, 0.25) is 0 Å². The van der Waals surface area contributed by atoms with Gasteiger partial charge in [-0.2, -0.15) is 0 Å². The molecule has 0 amide bonds. The fourth-order valence-electron chi connectivity index (χ4n) is 1.88. The number of aromatic nitrogens is 2. The molecule has 0 radical (unpaired) electrons. The van der Waals surface area contributed by atoms with Gasteiger partial charge < -0.3 is 4.74 Å². The molecule has 0 saturated carbocycles. The molecule has 0 bridgehead atoms. The number of carbonyl (C=O) groups is 1. The van der Waals surface area contributed by atoms with E-state index in [1.165, 1.54) is 41.9 Å². The molecule has 0 unspecified atom stereocenters. The van der Waals surface area contributed by atoms with E-state index in [1.54, 1.807) is 6.20 Å². The lowest BCUT2D eigenvalue weighted by atomic mass is 10.1. The molecular formula is C19H28N2O2. The van der Waals surface area contributed by atoms with E-state index < -0.39 is 6.09 Å². The van der Waals surface area contributed by atoms with Gasteiger partial charge in [0.1, 0.15) is 12.9 Å². The number of ether oxygens (including phenoxy) is 1. The van der Waals surface area contributed by atoms with Crippen LogP contribution in [0.3, 0.4) is 0 Å². The molecule has 0 atom stereocenters. The molecule has 23 heavy (non-hydrogen) atoms. The Labute approximate surface area is 139 Å². The van der Waals surface area contributed by atoms with E-state index in [1.807, 2.05) is 31.2 Å². The molecule has 0 N–H and O–H groups in total. The number of carbonyl (C=O) groups excluding carboxylic acids is 1. The average molecular weight is 316 g/mol. The van der Waals surface area contributed by atoms with Crippen molar-refractivity contribution >= 4 is 6.09 Å². The van der Waals surface area contributed by atoms with Crippen molar-refractivity contribution in [1.82, 2.24) is 9.55 Å². The first-order valence-corrected chi connectivity index (χ1v) is 8.23. The maximum absolute atomic E-state index is 11.4. The topological polar surface area (TPSA) is 44.1 Å². The molecule has 2 aromatic rings. The summed E-state index contributed by atoms with van der Waals surface area (Å²) in [6.45, 7) is 9.08. The van der Waals surface area contributed by atoms with Crippen LogP contribution in [0, 0.1) is 12.8 Å². The number of rotatable bonds is 5. The summed E-state index contributed by atoms with van der Waals surface area (Å²) in [4.78, 5) is 15.2. The summed E-state index contributed by atoms with van der Waals surface area (Å²) in [7, 11) is 0. The molecule has 0 saturated heterocycles. The highest BCUT2D eigenvalue weighted by atomic mass is 16.5. The molecule has 1 aromatic carbocycles. The zero-order chi connectivity index (χ0) is 17.1. The first-order chi connectivity index (χ1) is 11.0. The third-order valence-corrected chi connectivity index (χ3v) is 3.33. The fraction of sp³-hybridized carbons (Fsp3) is 0.474. The molecule has 0 aliphatic carbocycles. The quantitative estimate of drug-likeness (QED) is 0.760. The summed E-state index contributed by atoms with van der Waals surface area (Å²) in [6, 6.07) is 7.85. The van der Waals surface area contributed by atoms with Crippen LogP contribution in [0.4, 0.5) is 4.79 Å². The summed E-state index contributed by atoms with van der Waals surface area (Å²) in [5, 5.41) is 0. The van der Waals surface area contributed by atoms with E-state index in [2.05, 4.69) is 25.8 Å². The van der Waals surface area contributed by atoms with Gasteiger partial charge in [-0.05, 0) is 18.4 Å². The van der Waals surface area contributed by atoms with E-state index >= 15 is 0 Å². The molecule has 0 fully saturated rings. The van der Waals surface area contributed by atoms with Crippen LogP contribution in [0.1, 0.15) is 51.2 Å². The first kappa shape index (κ1) is 18.9. The van der Waals surface area contributed by atoms with Crippen LogP contribution in [-0.4, -0.2) is 15.6 Å². The molecule has 0 aliphatic rings. The number of hydrogen-bond donors (Lipinski definition) is 0. The Bertz CT molecular complexity index is 545. The van der Waals surface area contributed by atoms with Crippen molar-refractivity contribution in [3.8, 4) is 0 Å². The van der Waals surface area contributed by atoms with E-state index in [0.717, 1.165) is 11.5 Å². The van der Waals surface area contributed by atoms with Crippen molar-refractivity contribution in [2.24, 2.45) is 5.92 Å². The summed E-state index contributed by atoms with van der Waals surface area (Å²) >= 11 is 0. The zero-order valence-corrected chi connectivity index (χ0v) is 14.7. The van der Waals surface area contributed by atoms with E-state index in [4.69, 9.17) is 4.74 Å². The third kappa shape index (κ3) is 8.19. The van der Waals surface area contributed by atoms with E-state index in [-0.39, 0.29) is 6.61 Å². The number of aryl methyl sites for hydroxylation is 1. The number of hydrogen-bond acceptors (Lipinski definition) is 3. The molecule has 1 heterocycles. The van der Waals surface area contributed by atoms with Crippen molar-refractivity contribution in [2.75, 3.05) is 0 Å². The van der Waals surface area contributed by atoms with Gasteiger partial charge in [0.05, 0.1) is 0 Å². The van der Waals surface area contributed by atoms with Gasteiger partial charge in [0, 0.05) is 12.4 Å². The van der Waals surface area contributed by atoms with E-state index in [0.29, 0.717) is 0 Å². The lowest BCUT2D eigenvalue weighted by Crippen LogP contribution is -2.11. The van der Waals surface area contributed by atoms with Gasteiger partial charge in [-0.15, -0.1) is 0 Å². The van der Waals surface area contributed by atoms with Crippen LogP contribution in [-0.2, 0) is 11.3 Å². The Hall–Kier alpha value is -2.10. The van der Waals surface area contributed by atoms with Gasteiger partial charge in [-0.25, -0.2) is 14.3 Å². The van der Waals surface area contributed by atoms with Crippen molar-refractivity contribution in [3.05, 3.63) is 54.1 Å². The summed E-state index contributed by atoms with van der Waals surface area (Å²) in [6.07, 6.45) is 8.23. The SMILES string of the molecule is CCCCC(C)C.Cc1ccc(COC(=O)n2ccnc2)cc1. The Balaban J connectivity index is 0.000000322. The van der Waals surface area contributed by atoms with Crippen molar-refractivity contribution < 1.29 is 9.53 Å². The lowest BCUT2D eigenvalue weighted by molar-refractivity contribution is 0.141. The Kier molecular flexibility index (Phi) is 8.73. The number of unbranched alkanes of at least 4 members (excludes halogenated alkanes) is 1. The fourth-order valence-corrected chi connectivity index (χ4v) is 1.88. The molecule has 2 rings (SSSR count). The summed E-state index contributed by atoms with van der Waals surface area (Å²) in [5.74, 6) is 0.903. The molecule has 1 aromatic heterocycles. The largest absolute Gasteiger partial charge is 0.444 e. The molecule has 0 spiro atoms. The highest BCUT2D eigenvalue weighted by Crippen LogP contribution is 2.05. The van der Waals surface area contributed by atoms with Gasteiger partial charge in [0.25, 0.3) is 0 Å². The predicted octanol–water partition coefficient (Wildman–Crippen LogP) is 5.21. The monoisotopic (exact) mass is 316 g/mol. The van der Waals surface area contributed by atoms with Gasteiger partial charge in [-0.1, -0.05) is 69.9 Å². The molecule has 0 aliphatic heterocycles. The Morgan fingerprint density at radius 1 is 1.26 bits per heavy atom. The maximum atomic E-state index is 11.4. The van der Waals surface area contributed by atoms with Gasteiger partial charge in [0.2, 0.25) is 0 Å². The van der Waals surface area contributed by atoms with Gasteiger partial charge in [0.15, 0.2) is 0 Å². The average Bonchev–Trinajstić information content (AvgIpc) is 3.07. The maximum Gasteiger partial charge on any atom is 0.419 e. The van der Waals surface area contributed by atoms with Gasteiger partial charge in [-0.3, -0.25) is 0 Å². The van der Waals surface area contributed by atoms with E-state index in [9.17, 15) is 4.79 Å². The first-order valence-electron chi connectivity index (χ1n) is 8.23. The molecule has 4 nitrogen and oxygen atoms in total. The lowest BCUT2D eigenvalue weighted by Gasteiger charge is -2.04. The molecular weight excluding hydrogens is 288 g/mol. The van der Waals surface area contributed by atoms with Crippen LogP contribution in [0.15, 0.2) is 43.0 Å². The highest BCUT2D eigenvalue weighted by Gasteiger charge is 2.04. The van der Waals surface area contributed by atoms with Crippen molar-refractivity contribution in [2.45, 2.75) is 53.6 Å². The second-order valence-electron chi connectivity index (χ2n) is 6.05. The molecule has 126 valence electrons. The summed E-state index contributed by atoms with van der Waals surface area (Å²) < 4.78 is 6.40. The minimum Gasteiger partial charge on any atom is -0.444 e. The predicted molar refractivity (Wildman–Crippen MR) is 93.4 cm³/mol. The Morgan fingerprint density at radius 2 is 1.96 bits per heavy atom. The second-order valence-corrected chi connectivity index (χ2v) is 6.05.